The Bertz CT molecular complexity index is 1720. The Balaban J connectivity index is 0.000000954. The van der Waals surface area contributed by atoms with E-state index in [1.165, 1.54) is 36.8 Å². The Morgan fingerprint density at radius 1 is 0.673 bits per heavy atom. The van der Waals surface area contributed by atoms with Gasteiger partial charge in [0.05, 0.1) is 0 Å². The van der Waals surface area contributed by atoms with Crippen LogP contribution in [0.2, 0.25) is 6.04 Å². The Hall–Kier alpha value is -0.463. The zero-order valence-corrected chi connectivity index (χ0v) is 37.1. The van der Waals surface area contributed by atoms with Crippen LogP contribution >= 0.6 is 42.9 Å². The molecule has 1 heterocycles. The molecule has 1 radical (unpaired) electrons. The van der Waals surface area contributed by atoms with Crippen LogP contribution in [0.4, 0.5) is 39.5 Å². The summed E-state index contributed by atoms with van der Waals surface area (Å²) in [6.45, 7) is 3.99. The SMILES string of the molecule is C/C=C/C[Si]1(Cl)N(Cc2ccc(Br)cc2)[C@@H]2CCCC[C@H]2N1Cc1ccc(Br)cc1.O=S(=O)(O)C(F)(F)F.O=S(=O)(O)C(F)(F)F.O=S(=O)(O)C(F)(F)F.[Sc]. The van der Waals surface area contributed by atoms with Gasteiger partial charge in [0.1, 0.15) is 0 Å². The molecule has 1 saturated carbocycles. The third-order valence-corrected chi connectivity index (χ3v) is 15.5. The molecule has 1 saturated heterocycles. The second kappa shape index (κ2) is 21.7. The van der Waals surface area contributed by atoms with Crippen molar-refractivity contribution < 1.29 is 104 Å². The summed E-state index contributed by atoms with van der Waals surface area (Å²) in [5.74, 6) is 0. The molecule has 0 bridgehead atoms. The van der Waals surface area contributed by atoms with E-state index >= 15 is 0 Å². The van der Waals surface area contributed by atoms with Gasteiger partial charge in [-0.2, -0.15) is 64.8 Å². The van der Waals surface area contributed by atoms with Crippen LogP contribution in [0.1, 0.15) is 43.7 Å². The molecule has 0 spiro atoms. The maximum Gasteiger partial charge on any atom is 0.522 e. The van der Waals surface area contributed by atoms with E-state index < -0.39 is 54.6 Å². The van der Waals surface area contributed by atoms with E-state index in [1.807, 2.05) is 0 Å². The molecule has 1 aliphatic heterocycles. The number of halogens is 12. The standard InChI is InChI=1S/C24H29Br2ClN2Si.3CHF3O3S.Sc/c1-2-3-16-30(27)28(17-19-8-12-21(25)13-9-19)23-6-4-5-7-24(23)29(30)18-20-10-14-22(26)15-11-20;3*2-1(3,4)8(5,6)7;/h2-3,8-15,23-24H,4-7,16-18H2,1H3;3*(H,5,6,7);/b3-2+;;;;/t23-,24-;;;;/m1..../s1. The first-order chi connectivity index (χ1) is 24.3. The third-order valence-electron chi connectivity index (χ3n) is 7.40. The molecule has 3 N–H and O–H groups in total. The van der Waals surface area contributed by atoms with Gasteiger partial charge in [-0.25, -0.2) is 0 Å². The number of hydrogen-bond donors (Lipinski definition) is 3. The van der Waals surface area contributed by atoms with Gasteiger partial charge in [-0.05, 0) is 55.2 Å². The van der Waals surface area contributed by atoms with Crippen LogP contribution in [0.3, 0.4) is 0 Å². The molecule has 28 heteroatoms. The van der Waals surface area contributed by atoms with E-state index in [-0.39, 0.29) is 25.8 Å². The van der Waals surface area contributed by atoms with Crippen molar-refractivity contribution in [2.45, 2.75) is 80.3 Å². The maximum atomic E-state index is 10.7. The van der Waals surface area contributed by atoms with Crippen LogP contribution in [-0.4, -0.2) is 84.4 Å². The monoisotopic (exact) mass is 1060 g/mol. The van der Waals surface area contributed by atoms with Gasteiger partial charge in [0, 0.05) is 66.0 Å². The largest absolute Gasteiger partial charge is 0.522 e. The van der Waals surface area contributed by atoms with Crippen LogP contribution in [0, 0.1) is 0 Å². The van der Waals surface area contributed by atoms with Gasteiger partial charge in [0.25, 0.3) is 0 Å². The molecule has 0 unspecified atom stereocenters. The second-order valence-corrected chi connectivity index (χ2v) is 22.1. The first-order valence-electron chi connectivity index (χ1n) is 14.7. The van der Waals surface area contributed by atoms with Gasteiger partial charge in [-0.3, -0.25) is 22.8 Å². The van der Waals surface area contributed by atoms with Gasteiger partial charge in [-0.15, -0.1) is 11.1 Å². The van der Waals surface area contributed by atoms with Gasteiger partial charge in [0.2, 0.25) is 0 Å². The van der Waals surface area contributed by atoms with E-state index in [4.69, 9.17) is 50.0 Å². The summed E-state index contributed by atoms with van der Waals surface area (Å²) < 4.78 is 180. The summed E-state index contributed by atoms with van der Waals surface area (Å²) in [7, 11) is -19.9. The van der Waals surface area contributed by atoms with Gasteiger partial charge in [0.15, 0.2) is 0 Å². The second-order valence-electron chi connectivity index (χ2n) is 11.2. The average Bonchev–Trinajstić information content (AvgIpc) is 3.23. The summed E-state index contributed by atoms with van der Waals surface area (Å²) in [5.41, 5.74) is -13.9. The van der Waals surface area contributed by atoms with Crippen molar-refractivity contribution in [1.82, 2.24) is 9.13 Å². The Labute approximate surface area is 352 Å². The van der Waals surface area contributed by atoms with Crippen LogP contribution < -0.4 is 0 Å². The van der Waals surface area contributed by atoms with Crippen molar-refractivity contribution in [2.24, 2.45) is 0 Å². The summed E-state index contributed by atoms with van der Waals surface area (Å²) in [5, 5.41) is 0. The number of rotatable bonds is 6. The number of allylic oxidation sites excluding steroid dienone is 2. The fourth-order valence-corrected chi connectivity index (χ4v) is 10.8. The van der Waals surface area contributed by atoms with Crippen LogP contribution in [0.25, 0.3) is 0 Å². The molecule has 11 nitrogen and oxygen atoms in total. The summed E-state index contributed by atoms with van der Waals surface area (Å²) >= 11 is 14.9. The van der Waals surface area contributed by atoms with Gasteiger partial charge >= 0.3 is 54.6 Å². The molecule has 2 aromatic rings. The van der Waals surface area contributed by atoms with Gasteiger partial charge in [-0.1, -0.05) is 81.1 Å². The van der Waals surface area contributed by atoms with Crippen molar-refractivity contribution in [1.29, 1.82) is 0 Å². The molecule has 1 aliphatic carbocycles. The van der Waals surface area contributed by atoms with E-state index in [0.29, 0.717) is 12.1 Å². The van der Waals surface area contributed by atoms with Crippen molar-refractivity contribution in [3.8, 4) is 0 Å². The van der Waals surface area contributed by atoms with Gasteiger partial charge < -0.3 is 0 Å². The third kappa shape index (κ3) is 17.3. The normalized spacial score (nSPS) is 19.4. The minimum atomic E-state index is -5.84. The molecule has 2 aliphatic rings. The zero-order chi connectivity index (χ0) is 42.1. The van der Waals surface area contributed by atoms with Crippen molar-refractivity contribution in [3.05, 3.63) is 80.8 Å². The van der Waals surface area contributed by atoms with E-state index in [0.717, 1.165) is 28.1 Å². The number of benzene rings is 2. The number of nitrogens with zero attached hydrogens (tertiary/aromatic N) is 2. The average molecular weight is 1060 g/mol. The first-order valence-corrected chi connectivity index (χ1v) is 23.7. The van der Waals surface area contributed by atoms with E-state index in [1.54, 1.807) is 0 Å². The van der Waals surface area contributed by atoms with E-state index in [9.17, 15) is 39.5 Å². The van der Waals surface area contributed by atoms with Crippen molar-refractivity contribution in [2.75, 3.05) is 0 Å². The maximum absolute atomic E-state index is 10.7. The van der Waals surface area contributed by atoms with Crippen LogP contribution in [-0.2, 0) is 69.3 Å². The summed E-state index contributed by atoms with van der Waals surface area (Å²) in [6.07, 6.45) is 9.60. The molecule has 0 aromatic heterocycles. The molecule has 2 aromatic carbocycles. The Morgan fingerprint density at radius 2 is 0.927 bits per heavy atom. The van der Waals surface area contributed by atoms with Crippen molar-refractivity contribution >= 4 is 81.0 Å². The summed E-state index contributed by atoms with van der Waals surface area (Å²) in [4.78, 5) is 0. The smallest absolute Gasteiger partial charge is 0.291 e. The Kier molecular flexibility index (Phi) is 21.5. The fourth-order valence-electron chi connectivity index (χ4n) is 5.04. The number of alkyl halides is 9. The minimum Gasteiger partial charge on any atom is -0.291 e. The zero-order valence-electron chi connectivity index (χ0n) is 27.9. The molecular formula is C27H32Br2ClF9N2O9S3ScSi. The van der Waals surface area contributed by atoms with Crippen molar-refractivity contribution in [3.63, 3.8) is 0 Å². The van der Waals surface area contributed by atoms with Crippen LogP contribution in [0.15, 0.2) is 69.6 Å². The topological polar surface area (TPSA) is 170 Å². The number of hydrogen-bond acceptors (Lipinski definition) is 8. The fraction of sp³-hybridized carbons (Fsp3) is 0.481. The molecule has 55 heavy (non-hydrogen) atoms. The summed E-state index contributed by atoms with van der Waals surface area (Å²) in [6, 6.07) is 19.6. The molecule has 313 valence electrons. The molecule has 4 rings (SSSR count). The molecular weight excluding hydrogens is 1030 g/mol. The predicted molar refractivity (Wildman–Crippen MR) is 189 cm³/mol. The minimum absolute atomic E-state index is 0. The number of fused-ring (bicyclic) bond motifs is 1. The molecule has 2 atom stereocenters. The molecule has 2 fully saturated rings. The first kappa shape index (κ1) is 54.5. The Morgan fingerprint density at radius 3 is 1.15 bits per heavy atom. The molecule has 0 amide bonds. The quantitative estimate of drug-likeness (QED) is 0.0632. The van der Waals surface area contributed by atoms with Crippen LogP contribution in [0.5, 0.6) is 0 Å². The predicted octanol–water partition coefficient (Wildman–Crippen LogP) is 8.77. The van der Waals surface area contributed by atoms with E-state index in [2.05, 4.69) is 109 Å².